The summed E-state index contributed by atoms with van der Waals surface area (Å²) in [7, 11) is -2.25. The molecule has 0 bridgehead atoms. The molecule has 2 aromatic rings. The molecule has 0 saturated heterocycles. The number of aryl methyl sites for hydroxylation is 3. The van der Waals surface area contributed by atoms with Gasteiger partial charge >= 0.3 is 0 Å². The van der Waals surface area contributed by atoms with Crippen LogP contribution in [0, 0.1) is 6.92 Å². The van der Waals surface area contributed by atoms with Crippen LogP contribution >= 0.6 is 0 Å². The van der Waals surface area contributed by atoms with Crippen molar-refractivity contribution in [2.75, 3.05) is 17.7 Å². The third kappa shape index (κ3) is 4.61. The molecule has 0 aliphatic heterocycles. The van der Waals surface area contributed by atoms with Gasteiger partial charge in [-0.3, -0.25) is 9.10 Å². The molecule has 1 amide bonds. The molecule has 0 heterocycles. The van der Waals surface area contributed by atoms with Crippen molar-refractivity contribution in [3.05, 3.63) is 58.7 Å². The fraction of sp³-hybridized carbons (Fsp3) is 0.435. The molecule has 1 aliphatic rings. The molecule has 0 radical (unpaired) electrons. The predicted octanol–water partition coefficient (Wildman–Crippen LogP) is 3.52. The van der Waals surface area contributed by atoms with Crippen molar-refractivity contribution in [1.82, 2.24) is 5.32 Å². The number of ether oxygens (including phenoxy) is 1. The second-order valence-electron chi connectivity index (χ2n) is 8.02. The molecule has 30 heavy (non-hydrogen) atoms. The first-order chi connectivity index (χ1) is 14.1. The van der Waals surface area contributed by atoms with Gasteiger partial charge in [-0.05, 0) is 74.4 Å². The van der Waals surface area contributed by atoms with Crippen molar-refractivity contribution in [2.45, 2.75) is 52.1 Å². The minimum Gasteiger partial charge on any atom is -0.495 e. The van der Waals surface area contributed by atoms with E-state index in [1.54, 1.807) is 19.1 Å². The number of methoxy groups -OCH3 is 1. The number of carbonyl (C=O) groups excluding carboxylic acids is 1. The van der Waals surface area contributed by atoms with Crippen LogP contribution < -0.4 is 14.4 Å². The molecule has 0 saturated carbocycles. The van der Waals surface area contributed by atoms with Gasteiger partial charge in [-0.25, -0.2) is 8.42 Å². The van der Waals surface area contributed by atoms with E-state index in [1.807, 2.05) is 26.0 Å². The Bertz CT molecular complexity index is 1050. The lowest BCUT2D eigenvalue weighted by atomic mass is 10.0. The van der Waals surface area contributed by atoms with Gasteiger partial charge in [-0.1, -0.05) is 24.3 Å². The van der Waals surface area contributed by atoms with E-state index in [1.165, 1.54) is 18.2 Å². The molecule has 6 nitrogen and oxygen atoms in total. The summed E-state index contributed by atoms with van der Waals surface area (Å²) in [6.45, 7) is 5.37. The Kier molecular flexibility index (Phi) is 6.41. The van der Waals surface area contributed by atoms with E-state index in [4.69, 9.17) is 4.74 Å². The smallest absolute Gasteiger partial charge is 0.244 e. The first kappa shape index (κ1) is 22.2. The van der Waals surface area contributed by atoms with Gasteiger partial charge in [0.2, 0.25) is 15.9 Å². The standard InChI is InChI=1S/C23H30N2O4S/c1-15-9-12-22(29-4)21(13-15)25(30(5,27)28)17(3)23(26)24-16(2)19-11-10-18-7-6-8-20(18)14-19/h9-14,16-17H,6-8H2,1-5H3,(H,24,26). The summed E-state index contributed by atoms with van der Waals surface area (Å²) in [5.74, 6) is 0.0364. The van der Waals surface area contributed by atoms with Crippen molar-refractivity contribution in [2.24, 2.45) is 0 Å². The van der Waals surface area contributed by atoms with Gasteiger partial charge in [-0.2, -0.15) is 0 Å². The molecule has 1 aliphatic carbocycles. The van der Waals surface area contributed by atoms with Gasteiger partial charge in [0.1, 0.15) is 11.8 Å². The Morgan fingerprint density at radius 3 is 2.47 bits per heavy atom. The minimum absolute atomic E-state index is 0.230. The SMILES string of the molecule is COc1ccc(C)cc1N(C(C)C(=O)NC(C)c1ccc2c(c1)CCC2)S(C)(=O)=O. The van der Waals surface area contributed by atoms with Gasteiger partial charge in [0.25, 0.3) is 0 Å². The number of anilines is 1. The van der Waals surface area contributed by atoms with Crippen LogP contribution in [-0.2, 0) is 27.7 Å². The number of sulfonamides is 1. The van der Waals surface area contributed by atoms with Crippen LogP contribution in [0.5, 0.6) is 5.75 Å². The zero-order chi connectivity index (χ0) is 22.1. The lowest BCUT2D eigenvalue weighted by molar-refractivity contribution is -0.122. The number of nitrogens with one attached hydrogen (secondary N) is 1. The highest BCUT2D eigenvalue weighted by Gasteiger charge is 2.32. The topological polar surface area (TPSA) is 75.7 Å². The van der Waals surface area contributed by atoms with Crippen LogP contribution in [0.4, 0.5) is 5.69 Å². The number of rotatable bonds is 7. The van der Waals surface area contributed by atoms with Gasteiger partial charge in [0.15, 0.2) is 0 Å². The van der Waals surface area contributed by atoms with E-state index in [-0.39, 0.29) is 11.9 Å². The highest BCUT2D eigenvalue weighted by molar-refractivity contribution is 7.92. The van der Waals surface area contributed by atoms with Crippen molar-refractivity contribution in [3.63, 3.8) is 0 Å². The second-order valence-corrected chi connectivity index (χ2v) is 9.88. The monoisotopic (exact) mass is 430 g/mol. The van der Waals surface area contributed by atoms with Crippen LogP contribution in [0.1, 0.15) is 48.6 Å². The normalized spacial score (nSPS) is 15.2. The molecule has 3 rings (SSSR count). The van der Waals surface area contributed by atoms with Crippen molar-refractivity contribution in [1.29, 1.82) is 0 Å². The molecular weight excluding hydrogens is 400 g/mol. The maximum Gasteiger partial charge on any atom is 0.244 e. The van der Waals surface area contributed by atoms with E-state index >= 15 is 0 Å². The van der Waals surface area contributed by atoms with Gasteiger partial charge < -0.3 is 10.1 Å². The molecule has 2 atom stereocenters. The summed E-state index contributed by atoms with van der Waals surface area (Å²) in [5, 5.41) is 2.98. The molecule has 0 aromatic heterocycles. The quantitative estimate of drug-likeness (QED) is 0.729. The van der Waals surface area contributed by atoms with E-state index < -0.39 is 16.1 Å². The fourth-order valence-corrected chi connectivity index (χ4v) is 5.20. The molecule has 162 valence electrons. The summed E-state index contributed by atoms with van der Waals surface area (Å²) in [4.78, 5) is 13.0. The van der Waals surface area contributed by atoms with Crippen LogP contribution in [0.3, 0.4) is 0 Å². The number of fused-ring (bicyclic) bond motifs is 1. The maximum atomic E-state index is 13.0. The maximum absolute atomic E-state index is 13.0. The first-order valence-corrected chi connectivity index (χ1v) is 12.0. The number of amides is 1. The fourth-order valence-electron chi connectivity index (χ4n) is 4.03. The molecule has 0 spiro atoms. The molecule has 2 aromatic carbocycles. The summed E-state index contributed by atoms with van der Waals surface area (Å²) in [6.07, 6.45) is 4.44. The average molecular weight is 431 g/mol. The molecule has 7 heteroatoms. The largest absolute Gasteiger partial charge is 0.495 e. The molecular formula is C23H30N2O4S. The minimum atomic E-state index is -3.73. The Labute approximate surface area is 179 Å². The van der Waals surface area contributed by atoms with Crippen LogP contribution in [0.2, 0.25) is 0 Å². The van der Waals surface area contributed by atoms with Crippen molar-refractivity contribution in [3.8, 4) is 5.75 Å². The second kappa shape index (κ2) is 8.68. The average Bonchev–Trinajstić information content (AvgIpc) is 3.14. The lowest BCUT2D eigenvalue weighted by Crippen LogP contribution is -2.48. The number of carbonyl (C=O) groups is 1. The summed E-state index contributed by atoms with van der Waals surface area (Å²) >= 11 is 0. The molecule has 2 unspecified atom stereocenters. The van der Waals surface area contributed by atoms with Crippen molar-refractivity contribution >= 4 is 21.6 Å². The van der Waals surface area contributed by atoms with Gasteiger partial charge in [-0.15, -0.1) is 0 Å². The van der Waals surface area contributed by atoms with E-state index in [0.29, 0.717) is 11.4 Å². The van der Waals surface area contributed by atoms with E-state index in [2.05, 4.69) is 17.4 Å². The summed E-state index contributed by atoms with van der Waals surface area (Å²) < 4.78 is 31.8. The summed E-state index contributed by atoms with van der Waals surface area (Å²) in [5.41, 5.74) is 4.96. The van der Waals surface area contributed by atoms with E-state index in [9.17, 15) is 13.2 Å². The van der Waals surface area contributed by atoms with E-state index in [0.717, 1.165) is 41.0 Å². The number of hydrogen-bond donors (Lipinski definition) is 1. The Hall–Kier alpha value is -2.54. The van der Waals surface area contributed by atoms with Gasteiger partial charge in [0.05, 0.1) is 25.1 Å². The molecule has 1 N–H and O–H groups in total. The number of nitrogens with zero attached hydrogens (tertiary/aromatic N) is 1. The zero-order valence-corrected chi connectivity index (χ0v) is 19.0. The Balaban J connectivity index is 1.85. The van der Waals surface area contributed by atoms with Crippen molar-refractivity contribution < 1.29 is 17.9 Å². The Morgan fingerprint density at radius 1 is 1.10 bits per heavy atom. The van der Waals surface area contributed by atoms with Crippen LogP contribution in [0.25, 0.3) is 0 Å². The third-order valence-corrected chi connectivity index (χ3v) is 6.87. The zero-order valence-electron chi connectivity index (χ0n) is 18.2. The highest BCUT2D eigenvalue weighted by atomic mass is 32.2. The van der Waals surface area contributed by atoms with Gasteiger partial charge in [0, 0.05) is 0 Å². The number of benzene rings is 2. The molecule has 0 fully saturated rings. The Morgan fingerprint density at radius 2 is 1.80 bits per heavy atom. The predicted molar refractivity (Wildman–Crippen MR) is 120 cm³/mol. The lowest BCUT2D eigenvalue weighted by Gasteiger charge is -2.30. The summed E-state index contributed by atoms with van der Waals surface area (Å²) in [6, 6.07) is 10.4. The van der Waals surface area contributed by atoms with Crippen LogP contribution in [-0.4, -0.2) is 33.7 Å². The third-order valence-electron chi connectivity index (χ3n) is 5.64. The highest BCUT2D eigenvalue weighted by Crippen LogP contribution is 2.33. The van der Waals surface area contributed by atoms with Crippen LogP contribution in [0.15, 0.2) is 36.4 Å². The number of hydrogen-bond acceptors (Lipinski definition) is 4. The first-order valence-electron chi connectivity index (χ1n) is 10.2.